The van der Waals surface area contributed by atoms with Crippen LogP contribution in [0.25, 0.3) is 23.3 Å². The number of aldehydes is 1. The highest BCUT2D eigenvalue weighted by molar-refractivity contribution is 7.92. The maximum atomic E-state index is 14.7. The summed E-state index contributed by atoms with van der Waals surface area (Å²) in [5.41, 5.74) is 15.5. The van der Waals surface area contributed by atoms with Crippen molar-refractivity contribution in [1.29, 1.82) is 0 Å². The minimum absolute atomic E-state index is 0.0322. The van der Waals surface area contributed by atoms with Crippen molar-refractivity contribution in [2.45, 2.75) is 190 Å². The van der Waals surface area contributed by atoms with Crippen LogP contribution in [0.1, 0.15) is 214 Å². The Balaban J connectivity index is 0.000000480. The number of carbonyl (C=O) groups is 1. The summed E-state index contributed by atoms with van der Waals surface area (Å²) in [5.74, 6) is 0.0643. The number of fused-ring (bicyclic) bond motifs is 2. The minimum Gasteiger partial charge on any atom is -0.298 e. The SMILES string of the molecule is CC(=Cc1ccc(S(=O)(=O)c2ccc(C=C(C)c3ccc4c(c3)C(C)(C)CCC4(C)C)cc2C(C)C)c(C(C)C)c1)c1ccc2c(c1)C(C)(C)CCC2(C)C.CC(C)S(=O)(=O)c1ccc(C=O)cc1. The molecule has 0 aliphatic heterocycles. The molecule has 5 nitrogen and oxygen atoms in total. The number of rotatable bonds is 11. The Hall–Kier alpha value is -4.85. The third-order valence-electron chi connectivity index (χ3n) is 15.2. The second-order valence-corrected chi connectivity index (χ2v) is 27.8. The van der Waals surface area contributed by atoms with Crippen LogP contribution in [-0.2, 0) is 41.3 Å². The van der Waals surface area contributed by atoms with E-state index in [1.54, 1.807) is 13.8 Å². The average molecular weight is 967 g/mol. The van der Waals surface area contributed by atoms with E-state index in [-0.39, 0.29) is 38.4 Å². The highest BCUT2D eigenvalue weighted by Crippen LogP contribution is 2.48. The number of allylic oxidation sites excluding steroid dienone is 2. The first-order valence-corrected chi connectivity index (χ1v) is 28.0. The Kier molecular flexibility index (Phi) is 15.3. The second kappa shape index (κ2) is 19.7. The lowest BCUT2D eigenvalue weighted by molar-refractivity contribution is 0.112. The van der Waals surface area contributed by atoms with E-state index in [9.17, 15) is 21.6 Å². The first-order valence-electron chi connectivity index (χ1n) is 24.9. The van der Waals surface area contributed by atoms with Crippen molar-refractivity contribution in [3.05, 3.63) is 158 Å². The molecule has 0 unspecified atom stereocenters. The van der Waals surface area contributed by atoms with Gasteiger partial charge in [-0.1, -0.05) is 168 Å². The fraction of sp³-hybridized carbons (Fsp3) is 0.435. The summed E-state index contributed by atoms with van der Waals surface area (Å²) in [7, 11) is -7.01. The van der Waals surface area contributed by atoms with Gasteiger partial charge in [0, 0.05) is 5.56 Å². The summed E-state index contributed by atoms with van der Waals surface area (Å²) in [6, 6.07) is 31.7. The molecule has 0 aromatic heterocycles. The number of hydrogen-bond acceptors (Lipinski definition) is 5. The van der Waals surface area contributed by atoms with Gasteiger partial charge in [-0.05, 0) is 178 Å². The van der Waals surface area contributed by atoms with Gasteiger partial charge in [-0.15, -0.1) is 0 Å². The molecule has 0 bridgehead atoms. The summed E-state index contributed by atoms with van der Waals surface area (Å²) < 4.78 is 52.6. The van der Waals surface area contributed by atoms with E-state index in [4.69, 9.17) is 0 Å². The molecule has 2 aliphatic carbocycles. The van der Waals surface area contributed by atoms with Crippen molar-refractivity contribution >= 4 is 49.3 Å². The van der Waals surface area contributed by atoms with Crippen LogP contribution in [0.5, 0.6) is 0 Å². The minimum atomic E-state index is -3.80. The van der Waals surface area contributed by atoms with Gasteiger partial charge in [-0.2, -0.15) is 0 Å². The first-order chi connectivity index (χ1) is 31.9. The Bertz CT molecular complexity index is 2870. The standard InChI is InChI=1S/C52H66O2S.C10H12O3S/c1-33(2)41-29-37(27-35(5)39-17-19-43-45(31-39)51(11,12)25-23-49(43,7)8)15-21-47(41)55(53,54)48-22-16-38(30-42(48)34(3)4)28-36(6)40-18-20-44-46(32-40)52(13,14)26-24-50(44,9)10;1-8(2)14(12,13)10-5-3-9(7-11)4-6-10/h15-22,27-34H,23-26H2,1-14H3;3-8H,1-2H3. The van der Waals surface area contributed by atoms with E-state index in [2.05, 4.69) is 158 Å². The lowest BCUT2D eigenvalue weighted by Crippen LogP contribution is -2.33. The molecular weight excluding hydrogens is 889 g/mol. The van der Waals surface area contributed by atoms with Crippen LogP contribution >= 0.6 is 0 Å². The molecule has 2 aliphatic rings. The maximum Gasteiger partial charge on any atom is 0.207 e. The fourth-order valence-corrected chi connectivity index (χ4v) is 13.2. The van der Waals surface area contributed by atoms with Crippen LogP contribution < -0.4 is 0 Å². The lowest BCUT2D eigenvalue weighted by Gasteiger charge is -2.42. The van der Waals surface area contributed by atoms with Crippen LogP contribution in [0.3, 0.4) is 0 Å². The highest BCUT2D eigenvalue weighted by atomic mass is 32.2. The number of hydrogen-bond donors (Lipinski definition) is 0. The molecular formula is C62H78O5S2. The van der Waals surface area contributed by atoms with Crippen molar-refractivity contribution in [2.24, 2.45) is 0 Å². The monoisotopic (exact) mass is 967 g/mol. The van der Waals surface area contributed by atoms with Crippen molar-refractivity contribution in [2.75, 3.05) is 0 Å². The first kappa shape index (κ1) is 53.5. The molecule has 5 aromatic rings. The van der Waals surface area contributed by atoms with Gasteiger partial charge >= 0.3 is 0 Å². The molecule has 5 aromatic carbocycles. The van der Waals surface area contributed by atoms with E-state index in [0.29, 0.717) is 21.6 Å². The fourth-order valence-electron chi connectivity index (χ4n) is 10.2. The number of carbonyl (C=O) groups excluding carboxylic acids is 1. The highest BCUT2D eigenvalue weighted by Gasteiger charge is 2.38. The van der Waals surface area contributed by atoms with Crippen molar-refractivity contribution < 1.29 is 21.6 Å². The largest absolute Gasteiger partial charge is 0.298 e. The summed E-state index contributed by atoms with van der Waals surface area (Å²) in [4.78, 5) is 11.4. The molecule has 0 N–H and O–H groups in total. The Morgan fingerprint density at radius 1 is 0.464 bits per heavy atom. The molecule has 7 rings (SSSR count). The molecule has 0 spiro atoms. The predicted molar refractivity (Wildman–Crippen MR) is 291 cm³/mol. The molecule has 7 heteroatoms. The van der Waals surface area contributed by atoms with Gasteiger partial charge < -0.3 is 0 Å². The third kappa shape index (κ3) is 11.2. The van der Waals surface area contributed by atoms with Crippen LogP contribution in [0.2, 0.25) is 0 Å². The van der Waals surface area contributed by atoms with Crippen LogP contribution in [0.15, 0.2) is 112 Å². The van der Waals surface area contributed by atoms with E-state index in [1.165, 1.54) is 94.5 Å². The molecule has 0 saturated heterocycles. The topological polar surface area (TPSA) is 85.3 Å². The molecule has 0 saturated carbocycles. The maximum absolute atomic E-state index is 14.7. The predicted octanol–water partition coefficient (Wildman–Crippen LogP) is 16.3. The second-order valence-electron chi connectivity index (χ2n) is 23.4. The average Bonchev–Trinajstić information content (AvgIpc) is 3.29. The summed E-state index contributed by atoms with van der Waals surface area (Å²) in [6.45, 7) is 34.9. The number of sulfone groups is 2. The molecule has 0 heterocycles. The van der Waals surface area contributed by atoms with E-state index in [0.717, 1.165) is 22.3 Å². The van der Waals surface area contributed by atoms with Gasteiger partial charge in [0.05, 0.1) is 19.9 Å². The number of benzene rings is 5. The van der Waals surface area contributed by atoms with E-state index >= 15 is 0 Å². The van der Waals surface area contributed by atoms with Crippen LogP contribution in [-0.4, -0.2) is 28.4 Å². The summed E-state index contributed by atoms with van der Waals surface area (Å²) >= 11 is 0. The normalized spacial score (nSPS) is 17.5. The van der Waals surface area contributed by atoms with Crippen molar-refractivity contribution in [1.82, 2.24) is 0 Å². The van der Waals surface area contributed by atoms with E-state index < -0.39 is 24.9 Å². The Morgan fingerprint density at radius 2 is 0.812 bits per heavy atom. The zero-order valence-corrected chi connectivity index (χ0v) is 46.0. The zero-order valence-electron chi connectivity index (χ0n) is 44.4. The zero-order chi connectivity index (χ0) is 51.2. The molecule has 368 valence electrons. The van der Waals surface area contributed by atoms with Crippen LogP contribution in [0.4, 0.5) is 0 Å². The lowest BCUT2D eigenvalue weighted by atomic mass is 9.63. The summed E-state index contributed by atoms with van der Waals surface area (Å²) in [5, 5.41) is -0.440. The van der Waals surface area contributed by atoms with E-state index in [1.807, 2.05) is 24.3 Å². The molecule has 0 radical (unpaired) electrons. The molecule has 0 atom stereocenters. The van der Waals surface area contributed by atoms with Crippen LogP contribution in [0, 0.1) is 0 Å². The van der Waals surface area contributed by atoms with Gasteiger partial charge in [0.25, 0.3) is 0 Å². The molecule has 0 fully saturated rings. The van der Waals surface area contributed by atoms with Gasteiger partial charge in [0.2, 0.25) is 9.84 Å². The third-order valence-corrected chi connectivity index (χ3v) is 19.3. The quantitative estimate of drug-likeness (QED) is 0.0972. The Morgan fingerprint density at radius 3 is 1.14 bits per heavy atom. The van der Waals surface area contributed by atoms with Crippen molar-refractivity contribution in [3.8, 4) is 0 Å². The molecule has 69 heavy (non-hydrogen) atoms. The molecule has 0 amide bonds. The van der Waals surface area contributed by atoms with Gasteiger partial charge in [0.15, 0.2) is 9.84 Å². The summed E-state index contributed by atoms with van der Waals surface area (Å²) in [6.07, 6.45) is 9.85. The van der Waals surface area contributed by atoms with Gasteiger partial charge in [-0.3, -0.25) is 4.79 Å². The smallest absolute Gasteiger partial charge is 0.207 e. The van der Waals surface area contributed by atoms with Crippen molar-refractivity contribution in [3.63, 3.8) is 0 Å². The van der Waals surface area contributed by atoms with Gasteiger partial charge in [-0.25, -0.2) is 16.8 Å². The van der Waals surface area contributed by atoms with Gasteiger partial charge in [0.1, 0.15) is 6.29 Å². The Labute approximate surface area is 416 Å².